The van der Waals surface area contributed by atoms with E-state index >= 15 is 0 Å². The number of carboxylic acids is 1. The fourth-order valence-electron chi connectivity index (χ4n) is 4.55. The highest BCUT2D eigenvalue weighted by molar-refractivity contribution is 6.33. The molecule has 0 aliphatic carbocycles. The van der Waals surface area contributed by atoms with Crippen LogP contribution in [0.4, 0.5) is 13.2 Å². The zero-order valence-corrected chi connectivity index (χ0v) is 21.5. The summed E-state index contributed by atoms with van der Waals surface area (Å²) in [6.45, 7) is 4.15. The molecule has 2 N–H and O–H groups in total. The van der Waals surface area contributed by atoms with Crippen molar-refractivity contribution in [2.45, 2.75) is 32.7 Å². The molecule has 198 valence electrons. The minimum Gasteiger partial charge on any atom is -0.480 e. The van der Waals surface area contributed by atoms with E-state index in [2.05, 4.69) is 5.32 Å². The number of pyridine rings is 1. The van der Waals surface area contributed by atoms with Gasteiger partial charge in [0.2, 0.25) is 0 Å². The molecule has 9 heteroatoms. The first-order valence-electron chi connectivity index (χ1n) is 12.1. The van der Waals surface area contributed by atoms with Crippen LogP contribution in [0.15, 0.2) is 65.5 Å². The smallest absolute Gasteiger partial charge is 0.320 e. The van der Waals surface area contributed by atoms with Crippen LogP contribution in [0.3, 0.4) is 0 Å². The molecule has 0 radical (unpaired) electrons. The molecule has 0 amide bonds. The summed E-state index contributed by atoms with van der Waals surface area (Å²) in [6.07, 6.45) is 0.780. The third-order valence-corrected chi connectivity index (χ3v) is 6.58. The number of fused-ring (bicyclic) bond motifs is 1. The number of aromatic nitrogens is 1. The Morgan fingerprint density at radius 1 is 1.00 bits per heavy atom. The second-order valence-corrected chi connectivity index (χ2v) is 9.91. The summed E-state index contributed by atoms with van der Waals surface area (Å²) in [4.78, 5) is 24.6. The Labute approximate surface area is 222 Å². The van der Waals surface area contributed by atoms with Crippen LogP contribution in [0.25, 0.3) is 27.7 Å². The van der Waals surface area contributed by atoms with Gasteiger partial charge >= 0.3 is 5.97 Å². The van der Waals surface area contributed by atoms with Gasteiger partial charge in [0.05, 0.1) is 10.5 Å². The minimum atomic E-state index is -0.958. The van der Waals surface area contributed by atoms with E-state index in [1.54, 1.807) is 12.1 Å². The maximum atomic E-state index is 14.8. The molecular weight excluding hydrogens is 517 g/mol. The zero-order valence-electron chi connectivity index (χ0n) is 20.8. The van der Waals surface area contributed by atoms with Gasteiger partial charge in [-0.15, -0.1) is 0 Å². The van der Waals surface area contributed by atoms with Crippen LogP contribution in [0.2, 0.25) is 5.02 Å². The van der Waals surface area contributed by atoms with Crippen molar-refractivity contribution in [3.05, 3.63) is 99.1 Å². The quantitative estimate of drug-likeness (QED) is 0.258. The molecule has 0 aliphatic heterocycles. The first-order chi connectivity index (χ1) is 18.1. The van der Waals surface area contributed by atoms with Gasteiger partial charge in [-0.25, -0.2) is 13.2 Å². The van der Waals surface area contributed by atoms with Gasteiger partial charge in [-0.3, -0.25) is 14.2 Å². The van der Waals surface area contributed by atoms with Gasteiger partial charge in [0.25, 0.3) is 5.56 Å². The number of nitrogens with one attached hydrogen (secondary N) is 1. The number of para-hydroxylation sites is 1. The van der Waals surface area contributed by atoms with Crippen LogP contribution < -0.4 is 10.9 Å². The lowest BCUT2D eigenvalue weighted by Gasteiger charge is -2.18. The molecule has 5 nitrogen and oxygen atoms in total. The Bertz CT molecular complexity index is 1550. The third kappa shape index (κ3) is 5.76. The van der Waals surface area contributed by atoms with Gasteiger partial charge in [-0.2, -0.15) is 0 Å². The fourth-order valence-corrected chi connectivity index (χ4v) is 4.82. The molecule has 0 saturated heterocycles. The van der Waals surface area contributed by atoms with E-state index in [1.807, 2.05) is 13.8 Å². The number of carboxylic acid groups (broad SMARTS) is 1. The lowest BCUT2D eigenvalue weighted by molar-refractivity contribution is -0.139. The molecule has 0 spiro atoms. The minimum absolute atomic E-state index is 0.124. The second kappa shape index (κ2) is 11.4. The van der Waals surface area contributed by atoms with Gasteiger partial charge in [0.15, 0.2) is 0 Å². The number of benzene rings is 3. The molecule has 38 heavy (non-hydrogen) atoms. The Kier molecular flexibility index (Phi) is 8.23. The van der Waals surface area contributed by atoms with Crippen molar-refractivity contribution in [3.8, 4) is 16.8 Å². The van der Waals surface area contributed by atoms with Crippen LogP contribution in [0.5, 0.6) is 0 Å². The first-order valence-corrected chi connectivity index (χ1v) is 12.5. The van der Waals surface area contributed by atoms with E-state index in [4.69, 9.17) is 11.6 Å². The summed E-state index contributed by atoms with van der Waals surface area (Å²) in [5.41, 5.74) is 0.727. The Morgan fingerprint density at radius 3 is 2.34 bits per heavy atom. The SMILES string of the molecule is CC(C)C[C@H](NCCc1cc(-c2ccc(F)cc2Cl)c2ccc(=O)n(-c3c(F)cccc3F)c2c1)C(=O)O. The molecular formula is C29H26ClF3N2O3. The van der Waals surface area contributed by atoms with Crippen molar-refractivity contribution < 1.29 is 23.1 Å². The summed E-state index contributed by atoms with van der Waals surface area (Å²) in [5, 5.41) is 13.2. The number of aliphatic carboxylic acids is 1. The highest BCUT2D eigenvalue weighted by Gasteiger charge is 2.20. The normalized spacial score (nSPS) is 12.3. The van der Waals surface area contributed by atoms with Crippen molar-refractivity contribution in [3.63, 3.8) is 0 Å². The van der Waals surface area contributed by atoms with Crippen LogP contribution in [-0.4, -0.2) is 28.2 Å². The summed E-state index contributed by atoms with van der Waals surface area (Å²) in [6, 6.07) is 12.7. The topological polar surface area (TPSA) is 71.3 Å². The number of hydrogen-bond acceptors (Lipinski definition) is 3. The van der Waals surface area contributed by atoms with Crippen LogP contribution in [-0.2, 0) is 11.2 Å². The predicted octanol–water partition coefficient (Wildman–Crippen LogP) is 6.36. The highest BCUT2D eigenvalue weighted by atomic mass is 35.5. The lowest BCUT2D eigenvalue weighted by Crippen LogP contribution is -2.38. The van der Waals surface area contributed by atoms with E-state index in [-0.39, 0.29) is 23.0 Å². The van der Waals surface area contributed by atoms with Gasteiger partial charge in [0, 0.05) is 17.0 Å². The molecule has 1 atom stereocenters. The Hall–Kier alpha value is -3.62. The molecule has 0 unspecified atom stereocenters. The highest BCUT2D eigenvalue weighted by Crippen LogP contribution is 2.36. The van der Waals surface area contributed by atoms with E-state index in [0.717, 1.165) is 22.8 Å². The average Bonchev–Trinajstić information content (AvgIpc) is 2.84. The first kappa shape index (κ1) is 27.4. The third-order valence-electron chi connectivity index (χ3n) is 6.26. The molecule has 4 aromatic rings. The van der Waals surface area contributed by atoms with Crippen molar-refractivity contribution in [1.29, 1.82) is 0 Å². The summed E-state index contributed by atoms with van der Waals surface area (Å²) in [7, 11) is 0. The monoisotopic (exact) mass is 542 g/mol. The van der Waals surface area contributed by atoms with Gasteiger partial charge in [0.1, 0.15) is 29.2 Å². The number of nitrogens with zero attached hydrogens (tertiary/aromatic N) is 1. The van der Waals surface area contributed by atoms with Crippen molar-refractivity contribution in [2.75, 3.05) is 6.54 Å². The standard InChI is InChI=1S/C29H26ClF3N2O3/c1-16(2)12-25(29(37)38)34-11-10-17-13-21(19-7-6-18(31)15-22(19)30)20-8-9-27(36)35(26(20)14-17)28-23(32)4-3-5-24(28)33/h3-9,13-16,25,34H,10-12H2,1-2H3,(H,37,38)/t25-/m0/s1. The average molecular weight is 543 g/mol. The molecule has 1 aromatic heterocycles. The largest absolute Gasteiger partial charge is 0.480 e. The molecule has 0 saturated carbocycles. The maximum absolute atomic E-state index is 14.8. The van der Waals surface area contributed by atoms with Crippen LogP contribution in [0, 0.1) is 23.4 Å². The maximum Gasteiger partial charge on any atom is 0.320 e. The Balaban J connectivity index is 1.89. The number of halogens is 4. The van der Waals surface area contributed by atoms with E-state index in [0.29, 0.717) is 34.9 Å². The van der Waals surface area contributed by atoms with Crippen molar-refractivity contribution in [1.82, 2.24) is 9.88 Å². The van der Waals surface area contributed by atoms with Gasteiger partial charge in [-0.1, -0.05) is 37.6 Å². The Morgan fingerprint density at radius 2 is 1.71 bits per heavy atom. The molecule has 3 aromatic carbocycles. The molecule has 1 heterocycles. The molecule has 0 bridgehead atoms. The van der Waals surface area contributed by atoms with E-state index in [1.165, 1.54) is 30.3 Å². The molecule has 0 fully saturated rings. The summed E-state index contributed by atoms with van der Waals surface area (Å²) >= 11 is 6.38. The molecule has 4 rings (SSSR count). The fraction of sp³-hybridized carbons (Fsp3) is 0.241. The second-order valence-electron chi connectivity index (χ2n) is 9.50. The lowest BCUT2D eigenvalue weighted by atomic mass is 9.96. The number of rotatable bonds is 9. The van der Waals surface area contributed by atoms with E-state index in [9.17, 15) is 27.9 Å². The van der Waals surface area contributed by atoms with Crippen molar-refractivity contribution in [2.24, 2.45) is 5.92 Å². The number of hydrogen-bond donors (Lipinski definition) is 2. The van der Waals surface area contributed by atoms with Crippen molar-refractivity contribution >= 4 is 28.5 Å². The van der Waals surface area contributed by atoms with Crippen LogP contribution in [0.1, 0.15) is 25.8 Å². The number of carbonyl (C=O) groups is 1. The summed E-state index contributed by atoms with van der Waals surface area (Å²) in [5.74, 6) is -3.14. The van der Waals surface area contributed by atoms with E-state index < -0.39 is 40.7 Å². The van der Waals surface area contributed by atoms with Crippen LogP contribution >= 0.6 is 11.6 Å². The molecule has 0 aliphatic rings. The van der Waals surface area contributed by atoms with Gasteiger partial charge < -0.3 is 10.4 Å². The van der Waals surface area contributed by atoms with Gasteiger partial charge in [-0.05, 0) is 78.9 Å². The summed E-state index contributed by atoms with van der Waals surface area (Å²) < 4.78 is 44.4. The zero-order chi connectivity index (χ0) is 27.6. The predicted molar refractivity (Wildman–Crippen MR) is 142 cm³/mol.